The number of nitrogens with zero attached hydrogens (tertiary/aromatic N) is 6. The summed E-state index contributed by atoms with van der Waals surface area (Å²) in [6.07, 6.45) is 7.28. The molecule has 0 amide bonds. The van der Waals surface area contributed by atoms with Crippen molar-refractivity contribution in [3.05, 3.63) is 78.6 Å². The first kappa shape index (κ1) is 22.6. The van der Waals surface area contributed by atoms with E-state index in [-0.39, 0.29) is 5.69 Å². The number of nitrogens with one attached hydrogen (secondary N) is 1. The third kappa shape index (κ3) is 3.98. The zero-order valence-electron chi connectivity index (χ0n) is 18.9. The van der Waals surface area contributed by atoms with E-state index in [9.17, 15) is 17.5 Å². The van der Waals surface area contributed by atoms with Gasteiger partial charge in [-0.25, -0.2) is 23.5 Å². The molecule has 36 heavy (non-hydrogen) atoms. The topological polar surface area (TPSA) is 114 Å². The van der Waals surface area contributed by atoms with Crippen molar-refractivity contribution in [2.45, 2.75) is 18.4 Å². The van der Waals surface area contributed by atoms with E-state index in [1.54, 1.807) is 33.9 Å². The van der Waals surface area contributed by atoms with Gasteiger partial charge in [0.1, 0.15) is 23.7 Å². The summed E-state index contributed by atoms with van der Waals surface area (Å²) in [6.45, 7) is 0. The van der Waals surface area contributed by atoms with Crippen LogP contribution in [0, 0.1) is 11.6 Å². The molecule has 182 valence electrons. The molecule has 1 atom stereocenters. The Morgan fingerprint density at radius 3 is 2.58 bits per heavy atom. The van der Waals surface area contributed by atoms with Crippen LogP contribution in [0.1, 0.15) is 18.5 Å². The average Bonchev–Trinajstić information content (AvgIpc) is 3.28. The first-order chi connectivity index (χ1) is 17.3. The highest BCUT2D eigenvalue weighted by Gasteiger charge is 2.46. The zero-order chi connectivity index (χ0) is 25.0. The smallest absolute Gasteiger partial charge is 0.152 e. The lowest BCUT2D eigenvalue weighted by Gasteiger charge is -2.20. The fraction of sp³-hybridized carbons (Fsp3) is 0.167. The van der Waals surface area contributed by atoms with Crippen LogP contribution >= 0.6 is 0 Å². The van der Waals surface area contributed by atoms with Crippen LogP contribution in [-0.2, 0) is 23.9 Å². The number of aromatic nitrogens is 6. The normalized spacial score (nSPS) is 15.3. The number of rotatable bonds is 6. The molecule has 1 aliphatic carbocycles. The molecule has 4 aromatic heterocycles. The quantitative estimate of drug-likeness (QED) is 0.353. The molecule has 1 fully saturated rings. The molecule has 0 bridgehead atoms. The number of fused-ring (bicyclic) bond motifs is 1. The van der Waals surface area contributed by atoms with Gasteiger partial charge in [-0.2, -0.15) is 5.10 Å². The van der Waals surface area contributed by atoms with Crippen molar-refractivity contribution < 1.29 is 17.5 Å². The molecular weight excluding hydrogens is 488 g/mol. The Morgan fingerprint density at radius 1 is 1.06 bits per heavy atom. The summed E-state index contributed by atoms with van der Waals surface area (Å²) < 4.78 is 57.0. The third-order valence-corrected chi connectivity index (χ3v) is 6.80. The maximum Gasteiger partial charge on any atom is 0.152 e. The maximum atomic E-state index is 14.7. The monoisotopic (exact) mass is 506 g/mol. The highest BCUT2D eigenvalue weighted by atomic mass is 32.2. The summed E-state index contributed by atoms with van der Waals surface area (Å²) in [6, 6.07) is 9.72. The molecular formula is C24H18F2N7O2S-. The van der Waals surface area contributed by atoms with Crippen LogP contribution in [0.4, 0.5) is 8.78 Å². The zero-order valence-corrected chi connectivity index (χ0v) is 19.7. The lowest BCUT2D eigenvalue weighted by Crippen LogP contribution is -2.31. The average molecular weight is 507 g/mol. The van der Waals surface area contributed by atoms with Crippen LogP contribution in [0.3, 0.4) is 0 Å². The van der Waals surface area contributed by atoms with E-state index in [0.29, 0.717) is 35.4 Å². The SMILES string of the molecule is Cn1cc(-c2ccc3c(c2)ncn3-c2cc(-c3ncc(F)cc3F)cc(C3(NS(=O)[O-])CC3)n2)cn1. The Balaban J connectivity index is 1.50. The molecule has 1 saturated carbocycles. The Morgan fingerprint density at radius 2 is 1.89 bits per heavy atom. The lowest BCUT2D eigenvalue weighted by molar-refractivity contribution is 0.498. The van der Waals surface area contributed by atoms with Crippen LogP contribution < -0.4 is 4.72 Å². The molecule has 0 spiro atoms. The van der Waals surface area contributed by atoms with Crippen molar-refractivity contribution in [2.75, 3.05) is 0 Å². The van der Waals surface area contributed by atoms with Crippen molar-refractivity contribution in [3.8, 4) is 28.2 Å². The van der Waals surface area contributed by atoms with Crippen LogP contribution in [0.25, 0.3) is 39.2 Å². The standard InChI is InChI=1S/C24H19F2N7O2S/c1-32-12-16(10-29-32)14-2-3-20-19(6-14)28-13-33(20)22-8-15(23-18(26)9-17(25)11-27-23)7-21(30-22)24(4-5-24)31-36(34)35/h2-3,6-13,31H,4-5H2,1H3,(H,34,35)/p-1. The molecule has 1 aliphatic rings. The highest BCUT2D eigenvalue weighted by Crippen LogP contribution is 2.46. The van der Waals surface area contributed by atoms with Crippen molar-refractivity contribution in [3.63, 3.8) is 0 Å². The van der Waals surface area contributed by atoms with E-state index in [1.807, 2.05) is 31.4 Å². The van der Waals surface area contributed by atoms with Gasteiger partial charge in [-0.3, -0.25) is 18.4 Å². The van der Waals surface area contributed by atoms with Gasteiger partial charge in [-0.15, -0.1) is 0 Å². The molecule has 6 rings (SSSR count). The lowest BCUT2D eigenvalue weighted by atomic mass is 10.1. The van der Waals surface area contributed by atoms with Gasteiger partial charge in [-0.05, 0) is 42.7 Å². The number of benzene rings is 1. The second kappa shape index (κ2) is 8.36. The summed E-state index contributed by atoms with van der Waals surface area (Å²) in [5, 5.41) is 4.21. The largest absolute Gasteiger partial charge is 0.760 e. The molecule has 9 nitrogen and oxygen atoms in total. The summed E-state index contributed by atoms with van der Waals surface area (Å²) >= 11 is -2.52. The minimum atomic E-state index is -2.52. The van der Waals surface area contributed by atoms with E-state index in [0.717, 1.165) is 28.9 Å². The van der Waals surface area contributed by atoms with Gasteiger partial charge in [0.15, 0.2) is 5.82 Å². The fourth-order valence-electron chi connectivity index (χ4n) is 4.29. The number of imidazole rings is 1. The summed E-state index contributed by atoms with van der Waals surface area (Å²) in [5.74, 6) is -1.23. The fourth-order valence-corrected chi connectivity index (χ4v) is 4.92. The highest BCUT2D eigenvalue weighted by molar-refractivity contribution is 7.77. The molecule has 0 saturated heterocycles. The molecule has 5 aromatic rings. The van der Waals surface area contributed by atoms with Crippen LogP contribution in [0.5, 0.6) is 0 Å². The van der Waals surface area contributed by atoms with Crippen molar-refractivity contribution in [1.82, 2.24) is 34.0 Å². The summed E-state index contributed by atoms with van der Waals surface area (Å²) in [4.78, 5) is 13.2. The second-order valence-electron chi connectivity index (χ2n) is 8.72. The van der Waals surface area contributed by atoms with Gasteiger partial charge in [0.2, 0.25) is 0 Å². The van der Waals surface area contributed by atoms with Crippen molar-refractivity contribution in [1.29, 1.82) is 0 Å². The van der Waals surface area contributed by atoms with E-state index >= 15 is 0 Å². The predicted molar refractivity (Wildman–Crippen MR) is 127 cm³/mol. The van der Waals surface area contributed by atoms with Crippen LogP contribution in [0.15, 0.2) is 61.3 Å². The number of halogens is 2. The first-order valence-corrected chi connectivity index (χ1v) is 12.1. The van der Waals surface area contributed by atoms with Gasteiger partial charge in [0.25, 0.3) is 0 Å². The maximum absolute atomic E-state index is 14.7. The van der Waals surface area contributed by atoms with E-state index in [4.69, 9.17) is 4.98 Å². The first-order valence-electron chi connectivity index (χ1n) is 11.0. The molecule has 1 unspecified atom stereocenters. The summed E-state index contributed by atoms with van der Waals surface area (Å²) in [5.41, 5.74) is 3.14. The Hall–Kier alpha value is -3.87. The van der Waals surface area contributed by atoms with Crippen LogP contribution in [0.2, 0.25) is 0 Å². The van der Waals surface area contributed by atoms with Crippen LogP contribution in [-0.4, -0.2) is 38.1 Å². The minimum Gasteiger partial charge on any atom is -0.760 e. The van der Waals surface area contributed by atoms with E-state index < -0.39 is 28.4 Å². The molecule has 1 aromatic carbocycles. The van der Waals surface area contributed by atoms with Crippen molar-refractivity contribution in [2.24, 2.45) is 7.05 Å². The van der Waals surface area contributed by atoms with E-state index in [1.165, 1.54) is 0 Å². The van der Waals surface area contributed by atoms with Gasteiger partial charge in [0.05, 0.1) is 34.7 Å². The Labute approximate surface area is 206 Å². The minimum absolute atomic E-state index is 0.0661. The van der Waals surface area contributed by atoms with Gasteiger partial charge < -0.3 is 4.55 Å². The molecule has 0 aliphatic heterocycles. The van der Waals surface area contributed by atoms with Crippen molar-refractivity contribution >= 4 is 22.3 Å². The molecule has 4 heterocycles. The second-order valence-corrected chi connectivity index (χ2v) is 9.40. The number of pyridine rings is 2. The van der Waals surface area contributed by atoms with Gasteiger partial charge in [-0.1, -0.05) is 6.07 Å². The number of hydrogen-bond acceptors (Lipinski definition) is 6. The number of aryl methyl sites for hydroxylation is 1. The molecule has 1 N–H and O–H groups in total. The Bertz CT molecular complexity index is 1660. The predicted octanol–water partition coefficient (Wildman–Crippen LogP) is 3.53. The third-order valence-electron chi connectivity index (χ3n) is 6.24. The van der Waals surface area contributed by atoms with Gasteiger partial charge >= 0.3 is 0 Å². The summed E-state index contributed by atoms with van der Waals surface area (Å²) in [7, 11) is 1.84. The Kier molecular flexibility index (Phi) is 5.25. The molecule has 12 heteroatoms. The van der Waals surface area contributed by atoms with E-state index in [2.05, 4.69) is 19.8 Å². The van der Waals surface area contributed by atoms with Gasteiger partial charge in [0, 0.05) is 41.7 Å². The molecule has 0 radical (unpaired) electrons. The number of hydrogen-bond donors (Lipinski definition) is 1.